The molecule has 0 aliphatic heterocycles. The van der Waals surface area contributed by atoms with E-state index in [0.717, 1.165) is 11.1 Å². The van der Waals surface area contributed by atoms with E-state index in [2.05, 4.69) is 15.3 Å². The molecule has 1 heterocycles. The van der Waals surface area contributed by atoms with Crippen LogP contribution in [0.1, 0.15) is 27.7 Å². The summed E-state index contributed by atoms with van der Waals surface area (Å²) in [6.07, 6.45) is 2.09. The van der Waals surface area contributed by atoms with E-state index in [9.17, 15) is 9.90 Å². The largest absolute Gasteiger partial charge is 0.387 e. The number of aliphatic hydroxyl groups excluding tert-OH is 1. The second-order valence-corrected chi connectivity index (χ2v) is 4.46. The number of carbonyl (C=O) groups is 1. The smallest absolute Gasteiger partial charge is 0.268 e. The van der Waals surface area contributed by atoms with Crippen molar-refractivity contribution in [1.82, 2.24) is 9.97 Å². The van der Waals surface area contributed by atoms with E-state index >= 15 is 0 Å². The molecule has 1 amide bonds. The van der Waals surface area contributed by atoms with E-state index in [1.165, 1.54) is 12.4 Å². The summed E-state index contributed by atoms with van der Waals surface area (Å²) in [7, 11) is 0. The molecule has 2 rings (SSSR count). The summed E-state index contributed by atoms with van der Waals surface area (Å²) in [4.78, 5) is 18.9. The van der Waals surface area contributed by atoms with Crippen LogP contribution in [0, 0.1) is 6.92 Å². The van der Waals surface area contributed by atoms with E-state index in [0.29, 0.717) is 5.82 Å². The zero-order valence-electron chi connectivity index (χ0n) is 11.1. The second kappa shape index (κ2) is 6.12. The summed E-state index contributed by atoms with van der Waals surface area (Å²) in [6, 6.07) is 7.62. The number of benzene rings is 1. The van der Waals surface area contributed by atoms with E-state index < -0.39 is 12.0 Å². The van der Waals surface area contributed by atoms with Gasteiger partial charge in [0.2, 0.25) is 0 Å². The molecule has 0 radical (unpaired) electrons. The van der Waals surface area contributed by atoms with E-state index in [4.69, 9.17) is 5.73 Å². The van der Waals surface area contributed by atoms with Crippen LogP contribution < -0.4 is 11.1 Å². The highest BCUT2D eigenvalue weighted by molar-refractivity contribution is 5.90. The quantitative estimate of drug-likeness (QED) is 0.754. The van der Waals surface area contributed by atoms with Gasteiger partial charge in [-0.25, -0.2) is 4.98 Å². The van der Waals surface area contributed by atoms with Gasteiger partial charge in [-0.15, -0.1) is 0 Å². The van der Waals surface area contributed by atoms with E-state index in [1.54, 1.807) is 0 Å². The maximum Gasteiger partial charge on any atom is 0.268 e. The minimum atomic E-state index is -0.672. The monoisotopic (exact) mass is 272 g/mol. The minimum Gasteiger partial charge on any atom is -0.387 e. The maximum atomic E-state index is 11.0. The molecule has 0 bridgehead atoms. The number of aromatic nitrogens is 2. The lowest BCUT2D eigenvalue weighted by atomic mass is 10.1. The Morgan fingerprint density at radius 3 is 2.95 bits per heavy atom. The van der Waals surface area contributed by atoms with Gasteiger partial charge in [0.15, 0.2) is 0 Å². The fraction of sp³-hybridized carbons (Fsp3) is 0.214. The zero-order valence-corrected chi connectivity index (χ0v) is 11.1. The molecule has 6 nitrogen and oxygen atoms in total. The van der Waals surface area contributed by atoms with Crippen molar-refractivity contribution < 1.29 is 9.90 Å². The van der Waals surface area contributed by atoms with Gasteiger partial charge in [0.1, 0.15) is 11.5 Å². The number of rotatable bonds is 5. The standard InChI is InChI=1S/C14H16N4O2/c1-9-3-2-4-10(5-9)12(19)7-17-13-8-16-6-11(18-13)14(15)20/h2-6,8,12,19H,7H2,1H3,(H2,15,20)(H,17,18). The van der Waals surface area contributed by atoms with Gasteiger partial charge in [0, 0.05) is 6.54 Å². The Morgan fingerprint density at radius 2 is 2.25 bits per heavy atom. The number of nitrogens with two attached hydrogens (primary N) is 1. The molecule has 0 saturated carbocycles. The SMILES string of the molecule is Cc1cccc(C(O)CNc2cncc(C(N)=O)n2)c1. The Balaban J connectivity index is 2.01. The summed E-state index contributed by atoms with van der Waals surface area (Å²) in [5.74, 6) is -0.242. The molecule has 20 heavy (non-hydrogen) atoms. The predicted molar refractivity (Wildman–Crippen MR) is 75.2 cm³/mol. The zero-order chi connectivity index (χ0) is 14.5. The highest BCUT2D eigenvalue weighted by Gasteiger charge is 2.09. The lowest BCUT2D eigenvalue weighted by Crippen LogP contribution is -2.17. The molecule has 4 N–H and O–H groups in total. The molecule has 0 aliphatic carbocycles. The maximum absolute atomic E-state index is 11.0. The first kappa shape index (κ1) is 14.0. The Hall–Kier alpha value is -2.47. The van der Waals surface area contributed by atoms with Crippen molar-refractivity contribution in [3.8, 4) is 0 Å². The van der Waals surface area contributed by atoms with E-state index in [1.807, 2.05) is 31.2 Å². The van der Waals surface area contributed by atoms with Crippen molar-refractivity contribution in [2.45, 2.75) is 13.0 Å². The summed E-state index contributed by atoms with van der Waals surface area (Å²) in [5.41, 5.74) is 7.11. The minimum absolute atomic E-state index is 0.0834. The van der Waals surface area contributed by atoms with Gasteiger partial charge >= 0.3 is 0 Å². The number of hydrogen-bond donors (Lipinski definition) is 3. The lowest BCUT2D eigenvalue weighted by molar-refractivity contribution is 0.0995. The topological polar surface area (TPSA) is 101 Å². The molecule has 1 unspecified atom stereocenters. The van der Waals surface area contributed by atoms with Crippen molar-refractivity contribution in [3.63, 3.8) is 0 Å². The summed E-state index contributed by atoms with van der Waals surface area (Å²) in [5, 5.41) is 13.0. The number of nitrogens with one attached hydrogen (secondary N) is 1. The number of aliphatic hydroxyl groups is 1. The van der Waals surface area contributed by atoms with E-state index in [-0.39, 0.29) is 12.2 Å². The Morgan fingerprint density at radius 1 is 1.45 bits per heavy atom. The summed E-state index contributed by atoms with van der Waals surface area (Å²) < 4.78 is 0. The fourth-order valence-electron chi connectivity index (χ4n) is 1.77. The van der Waals surface area contributed by atoms with Gasteiger partial charge in [-0.05, 0) is 12.5 Å². The molecule has 1 aromatic heterocycles. The van der Waals surface area contributed by atoms with Gasteiger partial charge in [-0.3, -0.25) is 9.78 Å². The van der Waals surface area contributed by atoms with Crippen molar-refractivity contribution in [2.24, 2.45) is 5.73 Å². The number of amides is 1. The second-order valence-electron chi connectivity index (χ2n) is 4.46. The third-order valence-electron chi connectivity index (χ3n) is 2.79. The van der Waals surface area contributed by atoms with Crippen molar-refractivity contribution in [1.29, 1.82) is 0 Å². The molecule has 0 spiro atoms. The van der Waals surface area contributed by atoms with Crippen LogP contribution in [-0.4, -0.2) is 27.5 Å². The first-order valence-corrected chi connectivity index (χ1v) is 6.16. The summed E-state index contributed by atoms with van der Waals surface area (Å²) in [6.45, 7) is 2.23. The number of anilines is 1. The lowest BCUT2D eigenvalue weighted by Gasteiger charge is -2.13. The van der Waals surface area contributed by atoms with Crippen LogP contribution in [0.4, 0.5) is 5.82 Å². The first-order chi connectivity index (χ1) is 9.56. The molecule has 1 atom stereocenters. The molecule has 1 aromatic carbocycles. The molecule has 0 fully saturated rings. The Kier molecular flexibility index (Phi) is 4.27. The fourth-order valence-corrected chi connectivity index (χ4v) is 1.77. The van der Waals surface area contributed by atoms with Gasteiger partial charge in [-0.2, -0.15) is 0 Å². The van der Waals surface area contributed by atoms with Gasteiger partial charge in [0.05, 0.1) is 18.5 Å². The van der Waals surface area contributed by atoms with Crippen LogP contribution in [0.5, 0.6) is 0 Å². The third-order valence-corrected chi connectivity index (χ3v) is 2.79. The van der Waals surface area contributed by atoms with Crippen molar-refractivity contribution in [3.05, 3.63) is 53.5 Å². The molecule has 2 aromatic rings. The van der Waals surface area contributed by atoms with Crippen molar-refractivity contribution >= 4 is 11.7 Å². The molecule has 0 saturated heterocycles. The summed E-state index contributed by atoms with van der Waals surface area (Å²) >= 11 is 0. The highest BCUT2D eigenvalue weighted by Crippen LogP contribution is 2.15. The number of primary amides is 1. The molecule has 104 valence electrons. The average Bonchev–Trinajstić information content (AvgIpc) is 2.45. The highest BCUT2D eigenvalue weighted by atomic mass is 16.3. The van der Waals surface area contributed by atoms with Gasteiger partial charge in [-0.1, -0.05) is 29.8 Å². The Bertz CT molecular complexity index is 616. The normalized spacial score (nSPS) is 11.9. The number of nitrogens with zero attached hydrogens (tertiary/aromatic N) is 2. The number of hydrogen-bond acceptors (Lipinski definition) is 5. The van der Waals surface area contributed by atoms with Crippen LogP contribution >= 0.6 is 0 Å². The van der Waals surface area contributed by atoms with Crippen molar-refractivity contribution in [2.75, 3.05) is 11.9 Å². The molecule has 6 heteroatoms. The third kappa shape index (κ3) is 3.52. The number of carbonyl (C=O) groups excluding carboxylic acids is 1. The molecular weight excluding hydrogens is 256 g/mol. The van der Waals surface area contributed by atoms with Crippen LogP contribution in [0.25, 0.3) is 0 Å². The van der Waals surface area contributed by atoms with Gasteiger partial charge in [0.25, 0.3) is 5.91 Å². The molecule has 0 aliphatic rings. The number of aryl methyl sites for hydroxylation is 1. The predicted octanol–water partition coefficient (Wildman–Crippen LogP) is 1.03. The van der Waals surface area contributed by atoms with Gasteiger partial charge < -0.3 is 16.2 Å². The van der Waals surface area contributed by atoms with Crippen LogP contribution in [-0.2, 0) is 0 Å². The first-order valence-electron chi connectivity index (χ1n) is 6.16. The van der Waals surface area contributed by atoms with Crippen LogP contribution in [0.15, 0.2) is 36.7 Å². The Labute approximate surface area is 116 Å². The van der Waals surface area contributed by atoms with Crippen LogP contribution in [0.2, 0.25) is 0 Å². The average molecular weight is 272 g/mol. The van der Waals surface area contributed by atoms with Crippen LogP contribution in [0.3, 0.4) is 0 Å². The molecular formula is C14H16N4O2.